The SMILES string of the molecule is COC(=O)[C@@H](n1nc(C(=O)NCCCCF)c2ccccc21)C(C)(C)C. The highest BCUT2D eigenvalue weighted by Gasteiger charge is 2.36. The Bertz CT molecular complexity index is 780. The van der Waals surface area contributed by atoms with Crippen molar-refractivity contribution in [2.45, 2.75) is 39.7 Å². The molecule has 1 N–H and O–H groups in total. The van der Waals surface area contributed by atoms with Crippen LogP contribution in [0.5, 0.6) is 0 Å². The summed E-state index contributed by atoms with van der Waals surface area (Å²) in [5.74, 6) is -0.753. The third kappa shape index (κ3) is 4.20. The van der Waals surface area contributed by atoms with Crippen LogP contribution in [0.3, 0.4) is 0 Å². The van der Waals surface area contributed by atoms with E-state index in [0.29, 0.717) is 30.3 Å². The lowest BCUT2D eigenvalue weighted by Crippen LogP contribution is -2.33. The second-order valence-corrected chi connectivity index (χ2v) is 7.25. The maximum atomic E-state index is 12.5. The number of unbranched alkanes of at least 4 members (excludes halogenated alkanes) is 1. The van der Waals surface area contributed by atoms with Crippen LogP contribution in [0.15, 0.2) is 24.3 Å². The fourth-order valence-electron chi connectivity index (χ4n) is 2.89. The summed E-state index contributed by atoms with van der Waals surface area (Å²) in [6.45, 7) is 5.73. The van der Waals surface area contributed by atoms with Crippen LogP contribution in [0.4, 0.5) is 4.39 Å². The fraction of sp³-hybridized carbons (Fsp3) is 0.526. The summed E-state index contributed by atoms with van der Waals surface area (Å²) >= 11 is 0. The Morgan fingerprint density at radius 1 is 1.27 bits per heavy atom. The van der Waals surface area contributed by atoms with Gasteiger partial charge in [0.1, 0.15) is 0 Å². The van der Waals surface area contributed by atoms with Gasteiger partial charge in [0, 0.05) is 11.9 Å². The van der Waals surface area contributed by atoms with E-state index in [1.807, 2.05) is 39.0 Å². The summed E-state index contributed by atoms with van der Waals surface area (Å²) < 4.78 is 18.7. The Balaban J connectivity index is 2.45. The summed E-state index contributed by atoms with van der Waals surface area (Å²) in [6, 6.07) is 6.60. The van der Waals surface area contributed by atoms with Crippen molar-refractivity contribution in [2.75, 3.05) is 20.3 Å². The molecule has 1 amide bonds. The number of carbonyl (C=O) groups excluding carboxylic acids is 2. The van der Waals surface area contributed by atoms with Gasteiger partial charge in [0.05, 0.1) is 19.3 Å². The van der Waals surface area contributed by atoms with Crippen molar-refractivity contribution in [3.05, 3.63) is 30.0 Å². The van der Waals surface area contributed by atoms with E-state index < -0.39 is 24.1 Å². The number of para-hydroxylation sites is 1. The van der Waals surface area contributed by atoms with Crippen LogP contribution in [-0.2, 0) is 9.53 Å². The molecule has 142 valence electrons. The summed E-state index contributed by atoms with van der Waals surface area (Å²) in [6.07, 6.45) is 0.970. The number of hydrogen-bond acceptors (Lipinski definition) is 4. The zero-order valence-electron chi connectivity index (χ0n) is 15.7. The number of nitrogens with zero attached hydrogens (tertiary/aromatic N) is 2. The molecule has 0 saturated carbocycles. The third-order valence-corrected chi connectivity index (χ3v) is 4.16. The highest BCUT2D eigenvalue weighted by atomic mass is 19.1. The normalized spacial score (nSPS) is 12.8. The van der Waals surface area contributed by atoms with Crippen LogP contribution in [-0.4, -0.2) is 42.0 Å². The maximum absolute atomic E-state index is 12.5. The minimum absolute atomic E-state index is 0.249. The molecule has 0 fully saturated rings. The van der Waals surface area contributed by atoms with Crippen LogP contribution < -0.4 is 5.32 Å². The van der Waals surface area contributed by atoms with Crippen molar-refractivity contribution in [1.82, 2.24) is 15.1 Å². The minimum atomic E-state index is -0.675. The first kappa shape index (κ1) is 19.9. The average molecular weight is 363 g/mol. The van der Waals surface area contributed by atoms with Crippen LogP contribution >= 0.6 is 0 Å². The van der Waals surface area contributed by atoms with E-state index in [-0.39, 0.29) is 11.6 Å². The number of esters is 1. The van der Waals surface area contributed by atoms with E-state index in [1.165, 1.54) is 7.11 Å². The first-order valence-corrected chi connectivity index (χ1v) is 8.70. The molecule has 0 saturated heterocycles. The molecule has 0 radical (unpaired) electrons. The highest BCUT2D eigenvalue weighted by molar-refractivity contribution is 6.05. The number of amides is 1. The predicted octanol–water partition coefficient (Wildman–Crippen LogP) is 3.28. The molecule has 0 unspecified atom stereocenters. The molecule has 2 aromatic rings. The van der Waals surface area contributed by atoms with Crippen molar-refractivity contribution in [3.8, 4) is 0 Å². The number of halogens is 1. The van der Waals surface area contributed by atoms with Crippen molar-refractivity contribution in [1.29, 1.82) is 0 Å². The predicted molar refractivity (Wildman–Crippen MR) is 97.8 cm³/mol. The number of benzene rings is 1. The first-order valence-electron chi connectivity index (χ1n) is 8.70. The van der Waals surface area contributed by atoms with Crippen LogP contribution in [0.1, 0.15) is 50.1 Å². The molecule has 1 atom stereocenters. The van der Waals surface area contributed by atoms with Gasteiger partial charge in [0.25, 0.3) is 5.91 Å². The van der Waals surface area contributed by atoms with Crippen LogP contribution in [0.2, 0.25) is 0 Å². The summed E-state index contributed by atoms with van der Waals surface area (Å²) in [5, 5.41) is 7.88. The van der Waals surface area contributed by atoms with E-state index >= 15 is 0 Å². The molecular weight excluding hydrogens is 337 g/mol. The Hall–Kier alpha value is -2.44. The van der Waals surface area contributed by atoms with Crippen molar-refractivity contribution < 1.29 is 18.7 Å². The molecule has 1 heterocycles. The zero-order chi connectivity index (χ0) is 19.3. The van der Waals surface area contributed by atoms with Gasteiger partial charge in [0.2, 0.25) is 0 Å². The maximum Gasteiger partial charge on any atom is 0.331 e. The molecule has 0 spiro atoms. The second-order valence-electron chi connectivity index (χ2n) is 7.25. The molecule has 2 rings (SSSR count). The molecule has 7 heteroatoms. The Morgan fingerprint density at radius 2 is 1.96 bits per heavy atom. The lowest BCUT2D eigenvalue weighted by molar-refractivity contribution is -0.148. The lowest BCUT2D eigenvalue weighted by atomic mass is 9.86. The Kier molecular flexibility index (Phi) is 6.34. The minimum Gasteiger partial charge on any atom is -0.467 e. The largest absolute Gasteiger partial charge is 0.467 e. The number of nitrogens with one attached hydrogen (secondary N) is 1. The van der Waals surface area contributed by atoms with Gasteiger partial charge in [-0.05, 0) is 24.3 Å². The topological polar surface area (TPSA) is 73.2 Å². The van der Waals surface area contributed by atoms with Crippen LogP contribution in [0, 0.1) is 5.41 Å². The molecule has 1 aromatic carbocycles. The third-order valence-electron chi connectivity index (χ3n) is 4.16. The van der Waals surface area contributed by atoms with E-state index in [2.05, 4.69) is 10.4 Å². The number of rotatable bonds is 7. The molecule has 1 aromatic heterocycles. The monoisotopic (exact) mass is 363 g/mol. The van der Waals surface area contributed by atoms with Gasteiger partial charge >= 0.3 is 5.97 Å². The number of aromatic nitrogens is 2. The molecule has 0 bridgehead atoms. The molecule has 0 aliphatic rings. The number of alkyl halides is 1. The number of methoxy groups -OCH3 is 1. The number of fused-ring (bicyclic) bond motifs is 1. The van der Waals surface area contributed by atoms with Crippen molar-refractivity contribution in [3.63, 3.8) is 0 Å². The summed E-state index contributed by atoms with van der Waals surface area (Å²) in [4.78, 5) is 25.0. The van der Waals surface area contributed by atoms with Gasteiger partial charge < -0.3 is 10.1 Å². The average Bonchev–Trinajstić information content (AvgIpc) is 2.97. The fourth-order valence-corrected chi connectivity index (χ4v) is 2.89. The van der Waals surface area contributed by atoms with Gasteiger partial charge in [0.15, 0.2) is 11.7 Å². The molecular formula is C19H26FN3O3. The smallest absolute Gasteiger partial charge is 0.331 e. The van der Waals surface area contributed by atoms with Gasteiger partial charge in [-0.3, -0.25) is 9.18 Å². The first-order chi connectivity index (χ1) is 12.3. The van der Waals surface area contributed by atoms with Gasteiger partial charge in [-0.1, -0.05) is 39.0 Å². The van der Waals surface area contributed by atoms with Crippen molar-refractivity contribution >= 4 is 22.8 Å². The van der Waals surface area contributed by atoms with Gasteiger partial charge in [-0.25, -0.2) is 9.48 Å². The van der Waals surface area contributed by atoms with Crippen molar-refractivity contribution in [2.24, 2.45) is 5.41 Å². The molecule has 6 nitrogen and oxygen atoms in total. The lowest BCUT2D eigenvalue weighted by Gasteiger charge is -2.29. The van der Waals surface area contributed by atoms with E-state index in [4.69, 9.17) is 4.74 Å². The van der Waals surface area contributed by atoms with E-state index in [0.717, 1.165) is 0 Å². The summed E-state index contributed by atoms with van der Waals surface area (Å²) in [7, 11) is 1.34. The van der Waals surface area contributed by atoms with Crippen LogP contribution in [0.25, 0.3) is 10.9 Å². The number of carbonyl (C=O) groups is 2. The second kappa shape index (κ2) is 8.29. The molecule has 0 aliphatic heterocycles. The van der Waals surface area contributed by atoms with E-state index in [1.54, 1.807) is 10.7 Å². The van der Waals surface area contributed by atoms with Gasteiger partial charge in [-0.15, -0.1) is 0 Å². The standard InChI is InChI=1S/C19H26FN3O3/c1-19(2,3)16(18(25)26-4)23-14-10-6-5-9-13(14)15(22-23)17(24)21-12-8-7-11-20/h5-6,9-10,16H,7-8,11-12H2,1-4H3,(H,21,24)/t16-/m1/s1. The Labute approximate surface area is 152 Å². The van der Waals surface area contributed by atoms with Gasteiger partial charge in [-0.2, -0.15) is 5.10 Å². The quantitative estimate of drug-likeness (QED) is 0.605. The Morgan fingerprint density at radius 3 is 2.58 bits per heavy atom. The molecule has 0 aliphatic carbocycles. The molecule has 26 heavy (non-hydrogen) atoms. The number of hydrogen-bond donors (Lipinski definition) is 1. The number of ether oxygens (including phenoxy) is 1. The summed E-state index contributed by atoms with van der Waals surface area (Å²) in [5.41, 5.74) is 0.474. The highest BCUT2D eigenvalue weighted by Crippen LogP contribution is 2.34. The van der Waals surface area contributed by atoms with E-state index in [9.17, 15) is 14.0 Å². The zero-order valence-corrected chi connectivity index (χ0v) is 15.7.